The summed E-state index contributed by atoms with van der Waals surface area (Å²) in [7, 11) is 0. The molecule has 0 spiro atoms. The molecule has 27 heavy (non-hydrogen) atoms. The summed E-state index contributed by atoms with van der Waals surface area (Å²) in [6.07, 6.45) is 1.08. The lowest BCUT2D eigenvalue weighted by Crippen LogP contribution is -2.42. The van der Waals surface area contributed by atoms with Crippen molar-refractivity contribution >= 4 is 11.8 Å². The second-order valence-electron chi connectivity index (χ2n) is 6.62. The van der Waals surface area contributed by atoms with E-state index in [1.54, 1.807) is 4.90 Å². The van der Waals surface area contributed by atoms with Crippen molar-refractivity contribution < 1.29 is 9.59 Å². The van der Waals surface area contributed by atoms with E-state index in [-0.39, 0.29) is 12.3 Å². The Balaban J connectivity index is 1.95. The SMILES string of the molecule is CCN(CCc1ccccc1)CC(=O)N(CCC(N)=O)Cc1ccccc1. The highest BCUT2D eigenvalue weighted by Gasteiger charge is 2.17. The highest BCUT2D eigenvalue weighted by Crippen LogP contribution is 2.07. The number of amides is 2. The molecule has 0 aliphatic carbocycles. The van der Waals surface area contributed by atoms with E-state index in [1.807, 2.05) is 48.5 Å². The topological polar surface area (TPSA) is 66.6 Å². The van der Waals surface area contributed by atoms with Gasteiger partial charge in [0, 0.05) is 26.1 Å². The number of hydrogen-bond acceptors (Lipinski definition) is 3. The molecule has 0 aliphatic heterocycles. The standard InChI is InChI=1S/C22H29N3O2/c1-2-24(15-13-19-9-5-3-6-10-19)18-22(27)25(16-14-21(23)26)17-20-11-7-4-8-12-20/h3-12H,2,13-18H2,1H3,(H2,23,26). The van der Waals surface area contributed by atoms with Crippen LogP contribution in [0.15, 0.2) is 60.7 Å². The van der Waals surface area contributed by atoms with E-state index >= 15 is 0 Å². The Morgan fingerprint density at radius 3 is 2.04 bits per heavy atom. The molecule has 2 amide bonds. The molecule has 0 fully saturated rings. The Hall–Kier alpha value is -2.66. The average molecular weight is 367 g/mol. The van der Waals surface area contributed by atoms with Gasteiger partial charge in [0.15, 0.2) is 0 Å². The number of carbonyl (C=O) groups is 2. The van der Waals surface area contributed by atoms with Crippen molar-refractivity contribution in [1.82, 2.24) is 9.80 Å². The zero-order valence-electron chi connectivity index (χ0n) is 16.0. The Bertz CT molecular complexity index is 704. The van der Waals surface area contributed by atoms with Crippen LogP contribution in [0, 0.1) is 0 Å². The third-order valence-corrected chi connectivity index (χ3v) is 4.56. The Labute approximate surface area is 161 Å². The number of hydrogen-bond donors (Lipinski definition) is 1. The number of benzene rings is 2. The van der Waals surface area contributed by atoms with Gasteiger partial charge in [-0.3, -0.25) is 14.5 Å². The fourth-order valence-corrected chi connectivity index (χ4v) is 2.91. The molecule has 2 N–H and O–H groups in total. The molecule has 0 bridgehead atoms. The van der Waals surface area contributed by atoms with Crippen molar-refractivity contribution in [2.75, 3.05) is 26.2 Å². The van der Waals surface area contributed by atoms with Crippen LogP contribution in [0.4, 0.5) is 0 Å². The van der Waals surface area contributed by atoms with E-state index in [4.69, 9.17) is 5.73 Å². The van der Waals surface area contributed by atoms with Gasteiger partial charge >= 0.3 is 0 Å². The van der Waals surface area contributed by atoms with Crippen LogP contribution in [0.1, 0.15) is 24.5 Å². The fraction of sp³-hybridized carbons (Fsp3) is 0.364. The van der Waals surface area contributed by atoms with Gasteiger partial charge in [0.05, 0.1) is 6.54 Å². The minimum Gasteiger partial charge on any atom is -0.370 e. The highest BCUT2D eigenvalue weighted by molar-refractivity contribution is 5.79. The predicted molar refractivity (Wildman–Crippen MR) is 108 cm³/mol. The summed E-state index contributed by atoms with van der Waals surface area (Å²) in [6.45, 7) is 4.86. The number of nitrogens with zero attached hydrogens (tertiary/aromatic N) is 2. The van der Waals surface area contributed by atoms with Crippen molar-refractivity contribution in [2.24, 2.45) is 5.73 Å². The molecule has 0 aliphatic rings. The molecule has 0 heterocycles. The lowest BCUT2D eigenvalue weighted by molar-refractivity contribution is -0.133. The normalized spacial score (nSPS) is 10.7. The van der Waals surface area contributed by atoms with Crippen LogP contribution in [0.3, 0.4) is 0 Å². The van der Waals surface area contributed by atoms with Gasteiger partial charge in [-0.1, -0.05) is 67.6 Å². The van der Waals surface area contributed by atoms with Gasteiger partial charge in [-0.25, -0.2) is 0 Å². The monoisotopic (exact) mass is 367 g/mol. The quantitative estimate of drug-likeness (QED) is 0.663. The molecular formula is C22H29N3O2. The fourth-order valence-electron chi connectivity index (χ4n) is 2.91. The van der Waals surface area contributed by atoms with Crippen LogP contribution < -0.4 is 5.73 Å². The summed E-state index contributed by atoms with van der Waals surface area (Å²) >= 11 is 0. The summed E-state index contributed by atoms with van der Waals surface area (Å²) in [6, 6.07) is 20.1. The molecule has 0 unspecified atom stereocenters. The first-order chi connectivity index (χ1) is 13.1. The summed E-state index contributed by atoms with van der Waals surface area (Å²) in [4.78, 5) is 27.9. The van der Waals surface area contributed by atoms with Crippen molar-refractivity contribution in [3.05, 3.63) is 71.8 Å². The van der Waals surface area contributed by atoms with Gasteiger partial charge < -0.3 is 10.6 Å². The summed E-state index contributed by atoms with van der Waals surface area (Å²) in [5.74, 6) is -0.368. The lowest BCUT2D eigenvalue weighted by Gasteiger charge is -2.27. The van der Waals surface area contributed by atoms with Crippen LogP contribution in [0.2, 0.25) is 0 Å². The van der Waals surface area contributed by atoms with Crippen LogP contribution in [0.5, 0.6) is 0 Å². The number of rotatable bonds is 11. The number of nitrogens with two attached hydrogens (primary N) is 1. The molecule has 0 saturated carbocycles. The first-order valence-corrected chi connectivity index (χ1v) is 9.44. The second-order valence-corrected chi connectivity index (χ2v) is 6.62. The Morgan fingerprint density at radius 1 is 0.889 bits per heavy atom. The Morgan fingerprint density at radius 2 is 1.48 bits per heavy atom. The van der Waals surface area contributed by atoms with E-state index in [1.165, 1.54) is 5.56 Å². The average Bonchev–Trinajstić information content (AvgIpc) is 2.69. The molecule has 0 saturated heterocycles. The number of carbonyl (C=O) groups excluding carboxylic acids is 2. The van der Waals surface area contributed by atoms with Crippen molar-refractivity contribution in [3.8, 4) is 0 Å². The summed E-state index contributed by atoms with van der Waals surface area (Å²) in [5, 5.41) is 0. The van der Waals surface area contributed by atoms with Gasteiger partial charge in [0.25, 0.3) is 0 Å². The zero-order chi connectivity index (χ0) is 19.5. The maximum atomic E-state index is 12.9. The molecule has 2 aromatic carbocycles. The van der Waals surface area contributed by atoms with Gasteiger partial charge in [0.2, 0.25) is 11.8 Å². The Kier molecular flexibility index (Phi) is 8.52. The van der Waals surface area contributed by atoms with Crippen molar-refractivity contribution in [1.29, 1.82) is 0 Å². The van der Waals surface area contributed by atoms with Gasteiger partial charge in [-0.15, -0.1) is 0 Å². The number of primary amides is 1. The molecule has 2 rings (SSSR count). The molecule has 144 valence electrons. The van der Waals surface area contributed by atoms with Crippen LogP contribution in [0.25, 0.3) is 0 Å². The van der Waals surface area contributed by atoms with E-state index in [0.717, 1.165) is 25.1 Å². The largest absolute Gasteiger partial charge is 0.370 e. The minimum absolute atomic E-state index is 0.0232. The molecule has 0 radical (unpaired) electrons. The van der Waals surface area contributed by atoms with Crippen LogP contribution in [-0.2, 0) is 22.6 Å². The zero-order valence-corrected chi connectivity index (χ0v) is 16.0. The van der Waals surface area contributed by atoms with E-state index < -0.39 is 5.91 Å². The molecule has 0 atom stereocenters. The molecule has 0 aromatic heterocycles. The minimum atomic E-state index is -0.391. The second kappa shape index (κ2) is 11.1. The predicted octanol–water partition coefficient (Wildman–Crippen LogP) is 2.46. The van der Waals surface area contributed by atoms with E-state index in [9.17, 15) is 9.59 Å². The lowest BCUT2D eigenvalue weighted by atomic mass is 10.1. The van der Waals surface area contributed by atoms with Gasteiger partial charge in [-0.2, -0.15) is 0 Å². The molecule has 5 heteroatoms. The molecular weight excluding hydrogens is 338 g/mol. The van der Waals surface area contributed by atoms with E-state index in [0.29, 0.717) is 19.6 Å². The molecule has 2 aromatic rings. The maximum absolute atomic E-state index is 12.9. The number of likely N-dealkylation sites (N-methyl/N-ethyl adjacent to an activating group) is 1. The van der Waals surface area contributed by atoms with Crippen LogP contribution in [-0.4, -0.2) is 47.8 Å². The van der Waals surface area contributed by atoms with Gasteiger partial charge in [0.1, 0.15) is 0 Å². The highest BCUT2D eigenvalue weighted by atomic mass is 16.2. The smallest absolute Gasteiger partial charge is 0.237 e. The first-order valence-electron chi connectivity index (χ1n) is 9.44. The van der Waals surface area contributed by atoms with E-state index in [2.05, 4.69) is 24.0 Å². The summed E-state index contributed by atoms with van der Waals surface area (Å²) in [5.41, 5.74) is 7.59. The third kappa shape index (κ3) is 7.62. The molecule has 5 nitrogen and oxygen atoms in total. The van der Waals surface area contributed by atoms with Crippen molar-refractivity contribution in [3.63, 3.8) is 0 Å². The van der Waals surface area contributed by atoms with Gasteiger partial charge in [-0.05, 0) is 24.1 Å². The maximum Gasteiger partial charge on any atom is 0.237 e. The summed E-state index contributed by atoms with van der Waals surface area (Å²) < 4.78 is 0. The van der Waals surface area contributed by atoms with Crippen LogP contribution >= 0.6 is 0 Å². The third-order valence-electron chi connectivity index (χ3n) is 4.56. The van der Waals surface area contributed by atoms with Crippen molar-refractivity contribution in [2.45, 2.75) is 26.3 Å². The first kappa shape index (κ1) is 20.6.